The molecule has 0 fully saturated rings. The summed E-state index contributed by atoms with van der Waals surface area (Å²) in [6.07, 6.45) is 5.42. The van der Waals surface area contributed by atoms with Crippen LogP contribution in [0.2, 0.25) is 0 Å². The van der Waals surface area contributed by atoms with Crippen molar-refractivity contribution in [3.05, 3.63) is 23.3 Å². The quantitative estimate of drug-likeness (QED) is 0.612. The smallest absolute Gasteiger partial charge is 0.124 e. The Bertz CT molecular complexity index is 297. The van der Waals surface area contributed by atoms with Crippen molar-refractivity contribution in [1.29, 1.82) is 5.26 Å². The third-order valence-corrected chi connectivity index (χ3v) is 2.01. The number of hydrogen-bond acceptors (Lipinski definition) is 3. The molecule has 0 amide bonds. The third-order valence-electron chi connectivity index (χ3n) is 2.01. The van der Waals surface area contributed by atoms with Gasteiger partial charge >= 0.3 is 0 Å². The number of ether oxygens (including phenoxy) is 1. The Hall–Kier alpha value is -1.40. The number of methoxy groups -OCH3 is 1. The van der Waals surface area contributed by atoms with Gasteiger partial charge in [-0.05, 0) is 18.1 Å². The van der Waals surface area contributed by atoms with E-state index >= 15 is 0 Å². The lowest BCUT2D eigenvalue weighted by Gasteiger charge is -2.17. The summed E-state index contributed by atoms with van der Waals surface area (Å²) >= 11 is 0. The fourth-order valence-electron chi connectivity index (χ4n) is 1.30. The predicted octanol–water partition coefficient (Wildman–Crippen LogP) is 1.37. The minimum atomic E-state index is -0.139. The van der Waals surface area contributed by atoms with Gasteiger partial charge in [0, 0.05) is 13.5 Å². The van der Waals surface area contributed by atoms with Crippen molar-refractivity contribution in [2.75, 3.05) is 7.11 Å². The zero-order valence-electron chi connectivity index (χ0n) is 7.49. The second kappa shape index (κ2) is 4.58. The molecule has 0 radical (unpaired) electrons. The molecule has 0 aromatic heterocycles. The molecule has 13 heavy (non-hydrogen) atoms. The van der Waals surface area contributed by atoms with Crippen LogP contribution in [-0.4, -0.2) is 19.5 Å². The van der Waals surface area contributed by atoms with Crippen molar-refractivity contribution >= 4 is 6.29 Å². The normalized spacial score (nSPS) is 21.4. The van der Waals surface area contributed by atoms with E-state index in [-0.39, 0.29) is 6.10 Å². The first-order valence-corrected chi connectivity index (χ1v) is 4.09. The second-order valence-electron chi connectivity index (χ2n) is 2.82. The van der Waals surface area contributed by atoms with Crippen molar-refractivity contribution in [3.8, 4) is 6.07 Å². The lowest BCUT2D eigenvalue weighted by Crippen LogP contribution is -2.15. The molecule has 0 heterocycles. The number of nitrogens with zero attached hydrogens (tertiary/aromatic N) is 1. The first-order chi connectivity index (χ1) is 6.31. The van der Waals surface area contributed by atoms with Crippen LogP contribution in [-0.2, 0) is 9.53 Å². The Morgan fingerprint density at radius 1 is 1.85 bits per heavy atom. The third kappa shape index (κ3) is 2.27. The van der Waals surface area contributed by atoms with Crippen LogP contribution < -0.4 is 0 Å². The molecule has 0 saturated carbocycles. The zero-order valence-corrected chi connectivity index (χ0v) is 7.49. The number of allylic oxidation sites excluding steroid dienone is 2. The van der Waals surface area contributed by atoms with Gasteiger partial charge in [-0.3, -0.25) is 0 Å². The first kappa shape index (κ1) is 9.69. The van der Waals surface area contributed by atoms with Crippen LogP contribution in [0.1, 0.15) is 12.8 Å². The van der Waals surface area contributed by atoms with Gasteiger partial charge in [0.2, 0.25) is 0 Å². The van der Waals surface area contributed by atoms with Crippen molar-refractivity contribution in [1.82, 2.24) is 0 Å². The average molecular weight is 177 g/mol. The Morgan fingerprint density at radius 3 is 3.15 bits per heavy atom. The highest BCUT2D eigenvalue weighted by molar-refractivity contribution is 5.57. The van der Waals surface area contributed by atoms with E-state index in [4.69, 9.17) is 10.00 Å². The number of rotatable bonds is 3. The van der Waals surface area contributed by atoms with E-state index in [2.05, 4.69) is 6.07 Å². The van der Waals surface area contributed by atoms with Gasteiger partial charge < -0.3 is 9.53 Å². The maximum absolute atomic E-state index is 10.2. The van der Waals surface area contributed by atoms with Crippen LogP contribution in [0.5, 0.6) is 0 Å². The van der Waals surface area contributed by atoms with Gasteiger partial charge in [-0.2, -0.15) is 5.26 Å². The summed E-state index contributed by atoms with van der Waals surface area (Å²) in [7, 11) is 1.58. The van der Waals surface area contributed by atoms with E-state index in [1.165, 1.54) is 0 Å². The second-order valence-corrected chi connectivity index (χ2v) is 2.82. The van der Waals surface area contributed by atoms with Gasteiger partial charge in [0.25, 0.3) is 0 Å². The van der Waals surface area contributed by atoms with Gasteiger partial charge in [-0.25, -0.2) is 0 Å². The highest BCUT2D eigenvalue weighted by Gasteiger charge is 2.16. The molecular weight excluding hydrogens is 166 g/mol. The molecule has 1 atom stereocenters. The maximum atomic E-state index is 10.2. The van der Waals surface area contributed by atoms with E-state index in [0.29, 0.717) is 18.4 Å². The van der Waals surface area contributed by atoms with Gasteiger partial charge in [0.1, 0.15) is 6.29 Å². The number of carbonyl (C=O) groups is 1. The van der Waals surface area contributed by atoms with Crippen LogP contribution in [0.25, 0.3) is 0 Å². The molecule has 0 spiro atoms. The topological polar surface area (TPSA) is 50.1 Å². The number of aldehydes is 1. The zero-order chi connectivity index (χ0) is 9.68. The minimum Gasteiger partial charge on any atom is -0.376 e. The van der Waals surface area contributed by atoms with Gasteiger partial charge in [-0.1, -0.05) is 6.08 Å². The molecule has 0 aliphatic heterocycles. The minimum absolute atomic E-state index is 0.139. The number of hydrogen-bond donors (Lipinski definition) is 0. The SMILES string of the molecule is COC1CC=C(CC=O)C=C1C#N. The lowest BCUT2D eigenvalue weighted by atomic mass is 9.96. The van der Waals surface area contributed by atoms with Crippen molar-refractivity contribution in [3.63, 3.8) is 0 Å². The summed E-state index contributed by atoms with van der Waals surface area (Å²) in [5, 5.41) is 8.76. The Kier molecular flexibility index (Phi) is 3.41. The molecule has 0 bridgehead atoms. The highest BCUT2D eigenvalue weighted by atomic mass is 16.5. The molecule has 0 saturated heterocycles. The molecule has 0 aromatic rings. The summed E-state index contributed by atoms with van der Waals surface area (Å²) in [4.78, 5) is 10.2. The van der Waals surface area contributed by atoms with Crippen LogP contribution >= 0.6 is 0 Å². The van der Waals surface area contributed by atoms with E-state index < -0.39 is 0 Å². The summed E-state index contributed by atoms with van der Waals surface area (Å²) in [6.45, 7) is 0. The van der Waals surface area contributed by atoms with Crippen molar-refractivity contribution in [2.24, 2.45) is 0 Å². The molecule has 1 unspecified atom stereocenters. The summed E-state index contributed by atoms with van der Waals surface area (Å²) in [5.41, 5.74) is 1.50. The molecule has 0 aromatic carbocycles. The van der Waals surface area contributed by atoms with Crippen molar-refractivity contribution < 1.29 is 9.53 Å². The molecule has 68 valence electrons. The average Bonchev–Trinajstić information content (AvgIpc) is 2.18. The lowest BCUT2D eigenvalue weighted by molar-refractivity contribution is -0.107. The predicted molar refractivity (Wildman–Crippen MR) is 47.9 cm³/mol. The first-order valence-electron chi connectivity index (χ1n) is 4.09. The Labute approximate surface area is 77.3 Å². The number of carbonyl (C=O) groups excluding carboxylic acids is 1. The van der Waals surface area contributed by atoms with Gasteiger partial charge in [0.15, 0.2) is 0 Å². The molecule has 1 aliphatic carbocycles. The molecule has 3 nitrogen and oxygen atoms in total. The van der Waals surface area contributed by atoms with Crippen LogP contribution in [0.4, 0.5) is 0 Å². The molecular formula is C10H11NO2. The Morgan fingerprint density at radius 2 is 2.62 bits per heavy atom. The monoisotopic (exact) mass is 177 g/mol. The fourth-order valence-corrected chi connectivity index (χ4v) is 1.30. The van der Waals surface area contributed by atoms with E-state index in [1.54, 1.807) is 13.2 Å². The van der Waals surface area contributed by atoms with E-state index in [9.17, 15) is 4.79 Å². The highest BCUT2D eigenvalue weighted by Crippen LogP contribution is 2.20. The van der Waals surface area contributed by atoms with Crippen molar-refractivity contribution in [2.45, 2.75) is 18.9 Å². The van der Waals surface area contributed by atoms with Crippen LogP contribution in [0, 0.1) is 11.3 Å². The molecule has 1 rings (SSSR count). The van der Waals surface area contributed by atoms with Crippen LogP contribution in [0.15, 0.2) is 23.3 Å². The molecule has 0 N–H and O–H groups in total. The number of nitriles is 1. The summed E-state index contributed by atoms with van der Waals surface area (Å²) < 4.78 is 5.10. The van der Waals surface area contributed by atoms with Gasteiger partial charge in [0.05, 0.1) is 17.7 Å². The Balaban J connectivity index is 2.78. The van der Waals surface area contributed by atoms with Gasteiger partial charge in [-0.15, -0.1) is 0 Å². The fraction of sp³-hybridized carbons (Fsp3) is 0.400. The van der Waals surface area contributed by atoms with E-state index in [0.717, 1.165) is 11.9 Å². The van der Waals surface area contributed by atoms with E-state index in [1.807, 2.05) is 6.08 Å². The standard InChI is InChI=1S/C10H11NO2/c1-13-10-3-2-8(4-5-12)6-9(10)7-11/h2,5-6,10H,3-4H2,1H3. The largest absolute Gasteiger partial charge is 0.376 e. The molecule has 3 heteroatoms. The summed E-state index contributed by atoms with van der Waals surface area (Å²) in [5.74, 6) is 0. The van der Waals surface area contributed by atoms with Crippen LogP contribution in [0.3, 0.4) is 0 Å². The summed E-state index contributed by atoms with van der Waals surface area (Å²) in [6, 6.07) is 2.07. The maximum Gasteiger partial charge on any atom is 0.124 e. The molecule has 1 aliphatic rings.